The lowest BCUT2D eigenvalue weighted by molar-refractivity contribution is -0.156. The quantitative estimate of drug-likeness (QED) is 0.637. The smallest absolute Gasteiger partial charge is 0.331 e. The maximum atomic E-state index is 12.7. The molecule has 5 heteroatoms. The van der Waals surface area contributed by atoms with E-state index in [2.05, 4.69) is 4.74 Å². The van der Waals surface area contributed by atoms with E-state index >= 15 is 0 Å². The molecule has 0 amide bonds. The van der Waals surface area contributed by atoms with Crippen molar-refractivity contribution in [2.75, 3.05) is 7.11 Å². The average Bonchev–Trinajstić information content (AvgIpc) is 3.05. The van der Waals surface area contributed by atoms with E-state index in [1.54, 1.807) is 0 Å². The van der Waals surface area contributed by atoms with Crippen molar-refractivity contribution in [3.8, 4) is 0 Å². The molecule has 0 heterocycles. The van der Waals surface area contributed by atoms with Gasteiger partial charge in [-0.15, -0.1) is 0 Å². The summed E-state index contributed by atoms with van der Waals surface area (Å²) in [6, 6.07) is 5.26. The van der Waals surface area contributed by atoms with Gasteiger partial charge in [0.2, 0.25) is 5.41 Å². The van der Waals surface area contributed by atoms with E-state index in [-0.39, 0.29) is 0 Å². The number of aliphatic carboxylic acids is 1. The lowest BCUT2D eigenvalue weighted by Crippen LogP contribution is -2.29. The van der Waals surface area contributed by atoms with Gasteiger partial charge in [0.05, 0.1) is 7.11 Å². The third-order valence-electron chi connectivity index (χ3n) is 2.70. The highest BCUT2D eigenvalue weighted by atomic mass is 19.1. The molecule has 0 radical (unpaired) electrons. The van der Waals surface area contributed by atoms with E-state index in [4.69, 9.17) is 5.11 Å². The maximum absolute atomic E-state index is 12.7. The van der Waals surface area contributed by atoms with Crippen molar-refractivity contribution in [2.45, 2.75) is 0 Å². The predicted molar refractivity (Wildman–Crippen MR) is 56.5 cm³/mol. The summed E-state index contributed by atoms with van der Waals surface area (Å²) in [6.45, 7) is 0. The van der Waals surface area contributed by atoms with Gasteiger partial charge in [-0.3, -0.25) is 9.59 Å². The van der Waals surface area contributed by atoms with Crippen molar-refractivity contribution < 1.29 is 23.8 Å². The minimum absolute atomic E-state index is 0.330. The molecule has 0 fully saturated rings. The Balaban J connectivity index is 2.32. The molecular formula is C12H9FO4. The fourth-order valence-electron chi connectivity index (χ4n) is 1.71. The number of hydrogen-bond donors (Lipinski definition) is 1. The highest BCUT2D eigenvalue weighted by molar-refractivity contribution is 6.22. The number of carboxylic acid groups (broad SMARTS) is 1. The molecule has 1 aromatic rings. The Bertz CT molecular complexity index is 518. The topological polar surface area (TPSA) is 63.6 Å². The average molecular weight is 236 g/mol. The molecule has 1 N–H and O–H groups in total. The Morgan fingerprint density at radius 3 is 2.35 bits per heavy atom. The highest BCUT2D eigenvalue weighted by Crippen LogP contribution is 2.52. The van der Waals surface area contributed by atoms with Gasteiger partial charge in [0.15, 0.2) is 0 Å². The van der Waals surface area contributed by atoms with Crippen LogP contribution in [0.15, 0.2) is 30.3 Å². The number of rotatable bonds is 3. The lowest BCUT2D eigenvalue weighted by atomic mass is 9.96. The van der Waals surface area contributed by atoms with E-state index in [0.29, 0.717) is 11.1 Å². The van der Waals surface area contributed by atoms with Crippen molar-refractivity contribution in [3.63, 3.8) is 0 Å². The Labute approximate surface area is 96.3 Å². The van der Waals surface area contributed by atoms with Gasteiger partial charge >= 0.3 is 11.9 Å². The number of methoxy groups -OCH3 is 1. The Kier molecular flexibility index (Phi) is 2.46. The molecule has 1 unspecified atom stereocenters. The van der Waals surface area contributed by atoms with Crippen LogP contribution in [0.25, 0.3) is 5.57 Å². The van der Waals surface area contributed by atoms with Gasteiger partial charge in [-0.2, -0.15) is 0 Å². The Hall–Kier alpha value is -2.17. The van der Waals surface area contributed by atoms with E-state index in [0.717, 1.165) is 7.11 Å². The molecule has 17 heavy (non-hydrogen) atoms. The number of esters is 1. The van der Waals surface area contributed by atoms with Crippen LogP contribution in [0.3, 0.4) is 0 Å². The van der Waals surface area contributed by atoms with Gasteiger partial charge < -0.3 is 9.84 Å². The largest absolute Gasteiger partial charge is 0.480 e. The van der Waals surface area contributed by atoms with E-state index in [1.807, 2.05) is 0 Å². The summed E-state index contributed by atoms with van der Waals surface area (Å²) in [5, 5.41) is 9.06. The minimum atomic E-state index is -1.70. The van der Waals surface area contributed by atoms with Crippen molar-refractivity contribution in [1.82, 2.24) is 0 Å². The molecule has 0 saturated heterocycles. The van der Waals surface area contributed by atoms with Gasteiger partial charge in [0.1, 0.15) is 5.82 Å². The predicted octanol–water partition coefficient (Wildman–Crippen LogP) is 1.47. The first-order valence-electron chi connectivity index (χ1n) is 4.83. The summed E-state index contributed by atoms with van der Waals surface area (Å²) < 4.78 is 17.2. The van der Waals surface area contributed by atoms with Crippen LogP contribution in [-0.4, -0.2) is 24.2 Å². The summed E-state index contributed by atoms with van der Waals surface area (Å²) in [5.74, 6) is -2.55. The van der Waals surface area contributed by atoms with Crippen molar-refractivity contribution >= 4 is 17.5 Å². The first-order chi connectivity index (χ1) is 8.02. The van der Waals surface area contributed by atoms with Gasteiger partial charge in [-0.1, -0.05) is 12.1 Å². The summed E-state index contributed by atoms with van der Waals surface area (Å²) in [4.78, 5) is 22.6. The van der Waals surface area contributed by atoms with Crippen molar-refractivity contribution in [3.05, 3.63) is 41.7 Å². The fraction of sp³-hybridized carbons (Fsp3) is 0.167. The van der Waals surface area contributed by atoms with Crippen molar-refractivity contribution in [1.29, 1.82) is 0 Å². The van der Waals surface area contributed by atoms with Crippen LogP contribution in [0.4, 0.5) is 4.39 Å². The zero-order chi connectivity index (χ0) is 12.6. The third kappa shape index (κ3) is 1.60. The van der Waals surface area contributed by atoms with Crippen LogP contribution >= 0.6 is 0 Å². The zero-order valence-electron chi connectivity index (χ0n) is 8.94. The molecule has 0 aliphatic heterocycles. The minimum Gasteiger partial charge on any atom is -0.480 e. The molecule has 1 aliphatic carbocycles. The molecule has 0 saturated carbocycles. The lowest BCUT2D eigenvalue weighted by Gasteiger charge is -2.10. The summed E-state index contributed by atoms with van der Waals surface area (Å²) in [7, 11) is 1.13. The second-order valence-electron chi connectivity index (χ2n) is 3.67. The number of carboxylic acids is 1. The molecule has 0 bridgehead atoms. The van der Waals surface area contributed by atoms with Gasteiger partial charge in [0, 0.05) is 0 Å². The summed E-state index contributed by atoms with van der Waals surface area (Å²) in [6.07, 6.45) is 1.30. The first kappa shape index (κ1) is 11.3. The van der Waals surface area contributed by atoms with Crippen molar-refractivity contribution in [2.24, 2.45) is 5.41 Å². The highest BCUT2D eigenvalue weighted by Gasteiger charge is 2.59. The number of halogens is 1. The van der Waals surface area contributed by atoms with E-state index < -0.39 is 23.2 Å². The van der Waals surface area contributed by atoms with Crippen LogP contribution in [0.5, 0.6) is 0 Å². The molecule has 1 aromatic carbocycles. The van der Waals surface area contributed by atoms with Gasteiger partial charge in [-0.25, -0.2) is 4.39 Å². The number of carbonyl (C=O) groups excluding carboxylic acids is 1. The molecule has 2 rings (SSSR count). The molecule has 88 valence electrons. The molecule has 0 spiro atoms. The number of carbonyl (C=O) groups is 2. The molecule has 1 atom stereocenters. The fourth-order valence-corrected chi connectivity index (χ4v) is 1.71. The maximum Gasteiger partial charge on any atom is 0.331 e. The Morgan fingerprint density at radius 2 is 1.88 bits per heavy atom. The molecule has 1 aliphatic rings. The summed E-state index contributed by atoms with van der Waals surface area (Å²) in [5.41, 5.74) is -0.872. The van der Waals surface area contributed by atoms with Gasteiger partial charge in [0.25, 0.3) is 0 Å². The molecular weight excluding hydrogens is 227 g/mol. The first-order valence-corrected chi connectivity index (χ1v) is 4.83. The van der Waals surface area contributed by atoms with Crippen LogP contribution in [0.2, 0.25) is 0 Å². The second-order valence-corrected chi connectivity index (χ2v) is 3.67. The molecule has 0 aromatic heterocycles. The van der Waals surface area contributed by atoms with Crippen LogP contribution in [0.1, 0.15) is 5.56 Å². The number of ether oxygens (including phenoxy) is 1. The van der Waals surface area contributed by atoms with Gasteiger partial charge in [-0.05, 0) is 29.3 Å². The van der Waals surface area contributed by atoms with Crippen LogP contribution in [0, 0.1) is 11.2 Å². The van der Waals surface area contributed by atoms with E-state index in [1.165, 1.54) is 30.3 Å². The number of hydrogen-bond acceptors (Lipinski definition) is 3. The second kappa shape index (κ2) is 3.69. The normalized spacial score (nSPS) is 21.6. The van der Waals surface area contributed by atoms with Crippen LogP contribution in [-0.2, 0) is 14.3 Å². The van der Waals surface area contributed by atoms with Crippen LogP contribution < -0.4 is 0 Å². The zero-order valence-corrected chi connectivity index (χ0v) is 8.94. The summed E-state index contributed by atoms with van der Waals surface area (Å²) >= 11 is 0. The third-order valence-corrected chi connectivity index (χ3v) is 2.70. The Morgan fingerprint density at radius 1 is 1.29 bits per heavy atom. The van der Waals surface area contributed by atoms with E-state index in [9.17, 15) is 14.0 Å². The monoisotopic (exact) mass is 236 g/mol. The number of benzene rings is 1. The standard InChI is InChI=1S/C12H9FO4/c1-17-11(16)12(10(14)15)6-9(12)7-2-4-8(13)5-3-7/h2-6H,1H3,(H,14,15). The molecule has 4 nitrogen and oxygen atoms in total. The SMILES string of the molecule is COC(=O)C1(C(=O)O)C=C1c1ccc(F)cc1.